The molecule has 3 heterocycles. The Labute approximate surface area is 146 Å². The number of hydrogen-bond acceptors (Lipinski definition) is 6. The van der Waals surface area contributed by atoms with E-state index in [4.69, 9.17) is 4.52 Å². The van der Waals surface area contributed by atoms with E-state index >= 15 is 0 Å². The van der Waals surface area contributed by atoms with Crippen LogP contribution in [0.5, 0.6) is 0 Å². The number of aromatic nitrogens is 2. The lowest BCUT2D eigenvalue weighted by Gasteiger charge is -2.23. The predicted octanol–water partition coefficient (Wildman–Crippen LogP) is 0.589. The summed E-state index contributed by atoms with van der Waals surface area (Å²) in [4.78, 5) is 33.5. The highest BCUT2D eigenvalue weighted by atomic mass is 16.5. The van der Waals surface area contributed by atoms with Gasteiger partial charge in [-0.05, 0) is 27.0 Å². The summed E-state index contributed by atoms with van der Waals surface area (Å²) < 4.78 is 5.22. The molecule has 1 aliphatic heterocycles. The summed E-state index contributed by atoms with van der Waals surface area (Å²) in [7, 11) is 3.58. The summed E-state index contributed by atoms with van der Waals surface area (Å²) in [5.41, 5.74) is 2.24. The lowest BCUT2D eigenvalue weighted by Crippen LogP contribution is -2.41. The molecule has 2 aromatic heterocycles. The van der Waals surface area contributed by atoms with Crippen LogP contribution in [0.1, 0.15) is 21.7 Å². The first-order chi connectivity index (χ1) is 11.9. The maximum atomic E-state index is 13.2. The topological polar surface area (TPSA) is 91.6 Å². The molecule has 1 aliphatic rings. The third kappa shape index (κ3) is 3.34. The molecule has 2 aromatic rings. The number of nitrogens with zero attached hydrogens (tertiary/aromatic N) is 4. The Bertz CT molecular complexity index is 816. The van der Waals surface area contributed by atoms with Gasteiger partial charge in [-0.3, -0.25) is 9.59 Å². The molecule has 0 aliphatic carbocycles. The number of carbonyl (C=O) groups is 2. The van der Waals surface area contributed by atoms with Crippen LogP contribution in [0.2, 0.25) is 0 Å². The van der Waals surface area contributed by atoms with Crippen LogP contribution in [0.4, 0.5) is 0 Å². The monoisotopic (exact) mass is 345 g/mol. The van der Waals surface area contributed by atoms with E-state index in [1.54, 1.807) is 24.9 Å². The minimum Gasteiger partial charge on any atom is -0.359 e. The van der Waals surface area contributed by atoms with Gasteiger partial charge in [0.1, 0.15) is 0 Å². The first-order valence-electron chi connectivity index (χ1n) is 8.33. The predicted molar refractivity (Wildman–Crippen MR) is 92.2 cm³/mol. The zero-order valence-electron chi connectivity index (χ0n) is 15.0. The number of amides is 2. The van der Waals surface area contributed by atoms with Crippen LogP contribution in [0.25, 0.3) is 11.1 Å². The molecule has 8 heteroatoms. The molecule has 0 bridgehead atoms. The average molecular weight is 345 g/mol. The van der Waals surface area contributed by atoms with Crippen LogP contribution in [0, 0.1) is 19.8 Å². The second kappa shape index (κ2) is 6.79. The summed E-state index contributed by atoms with van der Waals surface area (Å²) >= 11 is 0. The minimum atomic E-state index is -0.261. The van der Waals surface area contributed by atoms with Crippen LogP contribution < -0.4 is 5.32 Å². The highest BCUT2D eigenvalue weighted by molar-refractivity contribution is 6.06. The highest BCUT2D eigenvalue weighted by Crippen LogP contribution is 2.24. The van der Waals surface area contributed by atoms with Gasteiger partial charge in [-0.2, -0.15) is 0 Å². The lowest BCUT2D eigenvalue weighted by atomic mass is 10.1. The van der Waals surface area contributed by atoms with E-state index < -0.39 is 0 Å². The minimum absolute atomic E-state index is 0.0521. The van der Waals surface area contributed by atoms with Crippen LogP contribution in [0.15, 0.2) is 10.6 Å². The molecule has 1 atom stereocenters. The van der Waals surface area contributed by atoms with Gasteiger partial charge in [0, 0.05) is 38.9 Å². The van der Waals surface area contributed by atoms with E-state index in [0.29, 0.717) is 47.7 Å². The molecule has 0 radical (unpaired) electrons. The van der Waals surface area contributed by atoms with E-state index in [-0.39, 0.29) is 17.7 Å². The quantitative estimate of drug-likeness (QED) is 0.856. The molecule has 0 saturated carbocycles. The summed E-state index contributed by atoms with van der Waals surface area (Å²) in [5, 5.41) is 7.26. The zero-order chi connectivity index (χ0) is 18.1. The van der Waals surface area contributed by atoms with Crippen molar-refractivity contribution < 1.29 is 14.1 Å². The standard InChI is InChI=1S/C17H23N5O3/c1-10-7-13(14-11(2)20-25-16(14)19-10)17(24)22-6-5-21(4)8-12(9-22)15(23)18-3/h7,12H,5-6,8-9H2,1-4H3,(H,18,23)/t12-/m1/s1. The smallest absolute Gasteiger partial charge is 0.258 e. The Hall–Kier alpha value is -2.48. The van der Waals surface area contributed by atoms with E-state index in [1.807, 2.05) is 14.0 Å². The Morgan fingerprint density at radius 2 is 2.04 bits per heavy atom. The molecular formula is C17H23N5O3. The average Bonchev–Trinajstić information content (AvgIpc) is 2.84. The van der Waals surface area contributed by atoms with Crippen LogP contribution >= 0.6 is 0 Å². The lowest BCUT2D eigenvalue weighted by molar-refractivity contribution is -0.125. The number of likely N-dealkylation sites (N-methyl/N-ethyl adjacent to an activating group) is 1. The second-order valence-electron chi connectivity index (χ2n) is 6.58. The first kappa shape index (κ1) is 17.3. The van der Waals surface area contributed by atoms with Crippen molar-refractivity contribution in [3.63, 3.8) is 0 Å². The van der Waals surface area contributed by atoms with Crippen molar-refractivity contribution in [3.05, 3.63) is 23.0 Å². The fourth-order valence-electron chi connectivity index (χ4n) is 3.29. The molecule has 1 N–H and O–H groups in total. The number of rotatable bonds is 2. The van der Waals surface area contributed by atoms with Gasteiger partial charge in [-0.15, -0.1) is 0 Å². The molecule has 25 heavy (non-hydrogen) atoms. The molecular weight excluding hydrogens is 322 g/mol. The van der Waals surface area contributed by atoms with Crippen LogP contribution in [-0.2, 0) is 4.79 Å². The van der Waals surface area contributed by atoms with Gasteiger partial charge >= 0.3 is 0 Å². The number of nitrogens with one attached hydrogen (secondary N) is 1. The maximum absolute atomic E-state index is 13.2. The van der Waals surface area contributed by atoms with Crippen molar-refractivity contribution in [3.8, 4) is 0 Å². The molecule has 8 nitrogen and oxygen atoms in total. The Kier molecular flexibility index (Phi) is 4.71. The summed E-state index contributed by atoms with van der Waals surface area (Å²) in [6, 6.07) is 1.76. The van der Waals surface area contributed by atoms with Crippen molar-refractivity contribution in [2.24, 2.45) is 5.92 Å². The number of pyridine rings is 1. The van der Waals surface area contributed by atoms with Crippen LogP contribution in [-0.4, -0.2) is 72.0 Å². The van der Waals surface area contributed by atoms with E-state index in [1.165, 1.54) is 0 Å². The molecule has 0 aromatic carbocycles. The molecule has 134 valence electrons. The third-order valence-corrected chi connectivity index (χ3v) is 4.60. The van der Waals surface area contributed by atoms with Gasteiger partial charge in [0.25, 0.3) is 11.6 Å². The number of fused-ring (bicyclic) bond motifs is 1. The van der Waals surface area contributed by atoms with E-state index in [2.05, 4.69) is 20.4 Å². The Morgan fingerprint density at radius 3 is 2.76 bits per heavy atom. The van der Waals surface area contributed by atoms with Crippen molar-refractivity contribution >= 4 is 22.9 Å². The van der Waals surface area contributed by atoms with Crippen molar-refractivity contribution in [2.45, 2.75) is 13.8 Å². The van der Waals surface area contributed by atoms with Crippen molar-refractivity contribution in [1.82, 2.24) is 25.3 Å². The number of hydrogen-bond donors (Lipinski definition) is 1. The van der Waals surface area contributed by atoms with Gasteiger partial charge in [-0.25, -0.2) is 4.98 Å². The van der Waals surface area contributed by atoms with Gasteiger partial charge in [-0.1, -0.05) is 5.16 Å². The molecule has 2 amide bonds. The maximum Gasteiger partial charge on any atom is 0.258 e. The van der Waals surface area contributed by atoms with Gasteiger partial charge in [0.15, 0.2) is 0 Å². The van der Waals surface area contributed by atoms with E-state index in [0.717, 1.165) is 6.54 Å². The normalized spacial score (nSPS) is 19.0. The fraction of sp³-hybridized carbons (Fsp3) is 0.529. The highest BCUT2D eigenvalue weighted by Gasteiger charge is 2.30. The summed E-state index contributed by atoms with van der Waals surface area (Å²) in [5.74, 6) is -0.432. The second-order valence-corrected chi connectivity index (χ2v) is 6.58. The zero-order valence-corrected chi connectivity index (χ0v) is 15.0. The SMILES string of the molecule is CNC(=O)[C@@H]1CN(C)CCN(C(=O)c2cc(C)nc3onc(C)c23)C1. The molecule has 0 spiro atoms. The van der Waals surface area contributed by atoms with E-state index in [9.17, 15) is 9.59 Å². The first-order valence-corrected chi connectivity index (χ1v) is 8.33. The Balaban J connectivity index is 1.97. The molecule has 0 unspecified atom stereocenters. The summed E-state index contributed by atoms with van der Waals surface area (Å²) in [6.07, 6.45) is 0. The Morgan fingerprint density at radius 1 is 1.28 bits per heavy atom. The fourth-order valence-corrected chi connectivity index (χ4v) is 3.29. The molecule has 3 rings (SSSR count). The summed E-state index contributed by atoms with van der Waals surface area (Å²) in [6.45, 7) is 5.91. The molecule has 1 fully saturated rings. The van der Waals surface area contributed by atoms with Gasteiger partial charge in [0.2, 0.25) is 5.91 Å². The van der Waals surface area contributed by atoms with Crippen molar-refractivity contribution in [2.75, 3.05) is 40.3 Å². The number of carbonyl (C=O) groups excluding carboxylic acids is 2. The van der Waals surface area contributed by atoms with Crippen molar-refractivity contribution in [1.29, 1.82) is 0 Å². The van der Waals surface area contributed by atoms with Gasteiger partial charge < -0.3 is 19.6 Å². The van der Waals surface area contributed by atoms with Crippen LogP contribution in [0.3, 0.4) is 0 Å². The third-order valence-electron chi connectivity index (χ3n) is 4.60. The van der Waals surface area contributed by atoms with Gasteiger partial charge in [0.05, 0.1) is 22.6 Å². The number of aryl methyl sites for hydroxylation is 2. The largest absolute Gasteiger partial charge is 0.359 e. The molecule has 1 saturated heterocycles.